The fourth-order valence-corrected chi connectivity index (χ4v) is 3.37. The van der Waals surface area contributed by atoms with Gasteiger partial charge in [-0.1, -0.05) is 98.5 Å². The van der Waals surface area contributed by atoms with E-state index >= 15 is 0 Å². The van der Waals surface area contributed by atoms with Crippen molar-refractivity contribution in [2.24, 2.45) is 0 Å². The van der Waals surface area contributed by atoms with Crippen molar-refractivity contribution in [2.45, 2.75) is 32.1 Å². The number of hydrogen-bond acceptors (Lipinski definition) is 0. The molecule has 130 valence electrons. The maximum atomic E-state index is 3.46. The van der Waals surface area contributed by atoms with Crippen molar-refractivity contribution in [3.63, 3.8) is 0 Å². The van der Waals surface area contributed by atoms with Gasteiger partial charge in [0.15, 0.2) is 0 Å². The second kappa shape index (κ2) is 12.0. The largest absolute Gasteiger partial charge is 4.00 e. The first-order valence-electron chi connectivity index (χ1n) is 7.68. The minimum atomic E-state index is -0.0755. The third-order valence-electron chi connectivity index (χ3n) is 4.61. The second-order valence-corrected chi connectivity index (χ2v) is 5.72. The molecule has 4 heteroatoms. The Kier molecular flexibility index (Phi) is 12.8. The first-order chi connectivity index (χ1) is 10.3. The Hall–Kier alpha value is -0.496. The molecule has 0 radical (unpaired) electrons. The maximum Gasteiger partial charge on any atom is 4.00 e. The summed E-state index contributed by atoms with van der Waals surface area (Å²) in [5, 5.41) is 0. The predicted molar refractivity (Wildman–Crippen MR) is 89.1 cm³/mol. The molecule has 0 saturated carbocycles. The average Bonchev–Trinajstić information content (AvgIpc) is 3.05. The zero-order chi connectivity index (χ0) is 14.7. The third kappa shape index (κ3) is 5.25. The van der Waals surface area contributed by atoms with Crippen LogP contribution < -0.4 is 37.2 Å². The van der Waals surface area contributed by atoms with Gasteiger partial charge in [-0.3, -0.25) is 6.08 Å². The smallest absolute Gasteiger partial charge is 1.00 e. The third-order valence-corrected chi connectivity index (χ3v) is 4.61. The Balaban J connectivity index is 0. The van der Waals surface area contributed by atoms with Gasteiger partial charge in [-0.15, -0.1) is 0 Å². The summed E-state index contributed by atoms with van der Waals surface area (Å²) in [6.45, 7) is 4.57. The molecule has 0 amide bonds. The summed E-state index contributed by atoms with van der Waals surface area (Å²) < 4.78 is 0. The standard InChI is InChI=1S/C21H21.3ClH.Ti/c1-3-17-11-10-16-20(17)21(2,18-12-6-4-7-13-18)19-14-8-5-9-15-19;;;;/h4-10,12-15H,3,16H2,1-2H3;3*1H;/q-1;;;;+4/p-3. The molecule has 0 fully saturated rings. The van der Waals surface area contributed by atoms with Crippen molar-refractivity contribution in [1.29, 1.82) is 0 Å². The summed E-state index contributed by atoms with van der Waals surface area (Å²) >= 11 is 0. The molecule has 0 spiro atoms. The van der Waals surface area contributed by atoms with Crippen molar-refractivity contribution >= 4 is 0 Å². The number of allylic oxidation sites excluding steroid dienone is 4. The van der Waals surface area contributed by atoms with Crippen LogP contribution in [0.15, 0.2) is 77.9 Å². The first-order valence-corrected chi connectivity index (χ1v) is 7.68. The van der Waals surface area contributed by atoms with Gasteiger partial charge in [-0.2, -0.15) is 11.6 Å². The summed E-state index contributed by atoms with van der Waals surface area (Å²) in [5.41, 5.74) is 5.49. The minimum Gasteiger partial charge on any atom is -1.00 e. The molecule has 0 bridgehead atoms. The van der Waals surface area contributed by atoms with Gasteiger partial charge in [-0.05, 0) is 5.41 Å². The molecule has 0 nitrogen and oxygen atoms in total. The Labute approximate surface area is 185 Å². The van der Waals surface area contributed by atoms with E-state index in [1.165, 1.54) is 22.3 Å². The van der Waals surface area contributed by atoms with E-state index in [4.69, 9.17) is 0 Å². The molecule has 2 aromatic rings. The summed E-state index contributed by atoms with van der Waals surface area (Å²) in [7, 11) is 0. The van der Waals surface area contributed by atoms with Gasteiger partial charge in [-0.25, -0.2) is 5.57 Å². The molecule has 0 heterocycles. The Morgan fingerprint density at radius 1 is 0.840 bits per heavy atom. The van der Waals surface area contributed by atoms with Crippen LogP contribution in [0.1, 0.15) is 37.8 Å². The zero-order valence-corrected chi connectivity index (χ0v) is 18.2. The van der Waals surface area contributed by atoms with Gasteiger partial charge in [0.25, 0.3) is 0 Å². The second-order valence-electron chi connectivity index (χ2n) is 5.72. The van der Waals surface area contributed by atoms with E-state index in [0.717, 1.165) is 12.8 Å². The summed E-state index contributed by atoms with van der Waals surface area (Å²) in [4.78, 5) is 0. The van der Waals surface area contributed by atoms with Crippen molar-refractivity contribution in [2.75, 3.05) is 0 Å². The first kappa shape index (κ1) is 26.7. The van der Waals surface area contributed by atoms with Crippen LogP contribution in [-0.2, 0) is 27.1 Å². The van der Waals surface area contributed by atoms with E-state index in [2.05, 4.69) is 86.7 Å². The van der Waals surface area contributed by atoms with Crippen LogP contribution in [0.25, 0.3) is 0 Å². The van der Waals surface area contributed by atoms with Gasteiger partial charge in [0.05, 0.1) is 0 Å². The summed E-state index contributed by atoms with van der Waals surface area (Å²) in [5.74, 6) is 0. The van der Waals surface area contributed by atoms with Gasteiger partial charge in [0.1, 0.15) is 0 Å². The van der Waals surface area contributed by atoms with Crippen molar-refractivity contribution in [3.05, 3.63) is 95.1 Å². The van der Waals surface area contributed by atoms with E-state index in [1.54, 1.807) is 0 Å². The quantitative estimate of drug-likeness (QED) is 0.351. The van der Waals surface area contributed by atoms with E-state index < -0.39 is 0 Å². The van der Waals surface area contributed by atoms with E-state index in [1.807, 2.05) is 0 Å². The van der Waals surface area contributed by atoms with Crippen molar-refractivity contribution < 1.29 is 58.9 Å². The maximum absolute atomic E-state index is 3.46. The molecule has 25 heavy (non-hydrogen) atoms. The molecule has 1 aliphatic rings. The molecule has 2 aromatic carbocycles. The van der Waals surface area contributed by atoms with Crippen LogP contribution in [0.5, 0.6) is 0 Å². The fraction of sp³-hybridized carbons (Fsp3) is 0.238. The molecular formula is C21H21Cl3Ti. The van der Waals surface area contributed by atoms with Crippen LogP contribution in [0, 0.1) is 6.08 Å². The summed E-state index contributed by atoms with van der Waals surface area (Å²) in [6.07, 6.45) is 7.68. The Morgan fingerprint density at radius 3 is 1.68 bits per heavy atom. The van der Waals surface area contributed by atoms with Gasteiger partial charge in [0, 0.05) is 0 Å². The van der Waals surface area contributed by atoms with Crippen LogP contribution in [0.3, 0.4) is 0 Å². The molecule has 0 saturated heterocycles. The molecule has 0 atom stereocenters. The fourth-order valence-electron chi connectivity index (χ4n) is 3.37. The van der Waals surface area contributed by atoms with E-state index in [0.29, 0.717) is 0 Å². The number of hydrogen-bond donors (Lipinski definition) is 0. The number of rotatable bonds is 4. The number of halogens is 3. The summed E-state index contributed by atoms with van der Waals surface area (Å²) in [6, 6.07) is 21.7. The molecule has 0 unspecified atom stereocenters. The minimum absolute atomic E-state index is 0. The van der Waals surface area contributed by atoms with E-state index in [9.17, 15) is 0 Å². The molecule has 0 aliphatic heterocycles. The monoisotopic (exact) mass is 426 g/mol. The normalized spacial score (nSPS) is 12.4. The van der Waals surface area contributed by atoms with Gasteiger partial charge >= 0.3 is 21.7 Å². The van der Waals surface area contributed by atoms with Crippen molar-refractivity contribution in [1.82, 2.24) is 0 Å². The van der Waals surface area contributed by atoms with Gasteiger partial charge < -0.3 is 37.2 Å². The van der Waals surface area contributed by atoms with Crippen LogP contribution >= 0.6 is 0 Å². The molecule has 3 rings (SSSR count). The van der Waals surface area contributed by atoms with Crippen LogP contribution in [0.2, 0.25) is 0 Å². The SMILES string of the molecule is CCC1=C(C(C)(c2ccccc2)c2ccccc2)CC=[C-]1.[Cl-].[Cl-].[Cl-].[Ti+4]. The van der Waals surface area contributed by atoms with Crippen LogP contribution in [-0.4, -0.2) is 0 Å². The Morgan fingerprint density at radius 2 is 1.28 bits per heavy atom. The average molecular weight is 428 g/mol. The number of benzene rings is 2. The van der Waals surface area contributed by atoms with Crippen molar-refractivity contribution in [3.8, 4) is 0 Å². The molecule has 0 N–H and O–H groups in total. The molecule has 0 aromatic heterocycles. The zero-order valence-electron chi connectivity index (χ0n) is 14.4. The Bertz CT molecular complexity index is 639. The van der Waals surface area contributed by atoms with Crippen LogP contribution in [0.4, 0.5) is 0 Å². The molecular weight excluding hydrogens is 406 g/mol. The molecule has 1 aliphatic carbocycles. The van der Waals surface area contributed by atoms with Gasteiger partial charge in [0.2, 0.25) is 0 Å². The topological polar surface area (TPSA) is 0 Å². The predicted octanol–water partition coefficient (Wildman–Crippen LogP) is -3.53. The van der Waals surface area contributed by atoms with E-state index in [-0.39, 0.29) is 64.4 Å².